The van der Waals surface area contributed by atoms with E-state index in [1.165, 1.54) is 21.9 Å². The Morgan fingerprint density at radius 1 is 0.857 bits per heavy atom. The van der Waals surface area contributed by atoms with E-state index in [1.54, 1.807) is 0 Å². The molecule has 0 heterocycles. The van der Waals surface area contributed by atoms with E-state index in [0.29, 0.717) is 0 Å². The van der Waals surface area contributed by atoms with Crippen LogP contribution in [-0.2, 0) is 0 Å². The van der Waals surface area contributed by atoms with Crippen molar-refractivity contribution in [2.45, 2.75) is 47.1 Å². The van der Waals surface area contributed by atoms with Gasteiger partial charge in [-0.15, -0.1) is 0 Å². The summed E-state index contributed by atoms with van der Waals surface area (Å²) in [6.07, 6.45) is 0. The molecule has 0 amide bonds. The predicted molar refractivity (Wildman–Crippen MR) is 95.8 cm³/mol. The van der Waals surface area contributed by atoms with Crippen LogP contribution in [0.15, 0.2) is 43.0 Å². The monoisotopic (exact) mass is 281 g/mol. The maximum atomic E-state index is 4.26. The van der Waals surface area contributed by atoms with Crippen LogP contribution < -0.4 is 5.32 Å². The largest absolute Gasteiger partial charge is 0.380 e. The van der Waals surface area contributed by atoms with E-state index in [1.807, 2.05) is 0 Å². The Balaban J connectivity index is 2.38. The second-order valence-corrected chi connectivity index (χ2v) is 7.88. The van der Waals surface area contributed by atoms with Gasteiger partial charge in [-0.2, -0.15) is 0 Å². The lowest BCUT2D eigenvalue weighted by Gasteiger charge is -2.23. The van der Waals surface area contributed by atoms with Crippen LogP contribution in [0.1, 0.15) is 47.1 Å². The summed E-state index contributed by atoms with van der Waals surface area (Å²) in [4.78, 5) is 0. The molecule has 0 atom stereocenters. The standard InChI is InChI=1S/C20H27N/c1-14(19(2,3)4)15-8-9-17-13-18(21-20(5,6)7)11-10-16(17)12-15/h8-13,21H,1H2,2-7H3. The molecule has 0 saturated carbocycles. The molecule has 0 fully saturated rings. The van der Waals surface area contributed by atoms with Crippen molar-refractivity contribution in [2.75, 3.05) is 5.32 Å². The SMILES string of the molecule is C=C(c1ccc2cc(NC(C)(C)C)ccc2c1)C(C)(C)C. The molecule has 0 aliphatic rings. The Morgan fingerprint density at radius 3 is 2.00 bits per heavy atom. The lowest BCUT2D eigenvalue weighted by molar-refractivity contribution is 0.568. The highest BCUT2D eigenvalue weighted by atomic mass is 14.9. The van der Waals surface area contributed by atoms with Gasteiger partial charge in [0.05, 0.1) is 0 Å². The molecular formula is C20H27N. The van der Waals surface area contributed by atoms with Gasteiger partial charge in [-0.05, 0) is 66.3 Å². The summed E-state index contributed by atoms with van der Waals surface area (Å²) in [5, 5.41) is 6.04. The highest BCUT2D eigenvalue weighted by molar-refractivity contribution is 5.89. The molecule has 0 unspecified atom stereocenters. The topological polar surface area (TPSA) is 12.0 Å². The number of nitrogens with one attached hydrogen (secondary N) is 1. The average molecular weight is 281 g/mol. The van der Waals surface area contributed by atoms with Crippen molar-refractivity contribution in [2.24, 2.45) is 5.41 Å². The van der Waals surface area contributed by atoms with Gasteiger partial charge in [0, 0.05) is 11.2 Å². The molecule has 1 heteroatoms. The van der Waals surface area contributed by atoms with Gasteiger partial charge in [-0.25, -0.2) is 0 Å². The quantitative estimate of drug-likeness (QED) is 0.700. The zero-order valence-corrected chi connectivity index (χ0v) is 14.2. The van der Waals surface area contributed by atoms with Crippen LogP contribution >= 0.6 is 0 Å². The third-order valence-electron chi connectivity index (χ3n) is 3.61. The summed E-state index contributed by atoms with van der Waals surface area (Å²) in [5.41, 5.74) is 3.75. The first-order chi connectivity index (χ1) is 9.56. The maximum Gasteiger partial charge on any atom is 0.0350 e. The van der Waals surface area contributed by atoms with E-state index in [9.17, 15) is 0 Å². The molecule has 0 radical (unpaired) electrons. The van der Waals surface area contributed by atoms with Gasteiger partial charge in [0.1, 0.15) is 0 Å². The number of anilines is 1. The Kier molecular flexibility index (Phi) is 3.88. The van der Waals surface area contributed by atoms with E-state index in [-0.39, 0.29) is 11.0 Å². The highest BCUT2D eigenvalue weighted by Gasteiger charge is 2.16. The van der Waals surface area contributed by atoms with Crippen LogP contribution in [0.5, 0.6) is 0 Å². The number of hydrogen-bond donors (Lipinski definition) is 1. The molecule has 21 heavy (non-hydrogen) atoms. The normalized spacial score (nSPS) is 12.5. The van der Waals surface area contributed by atoms with Crippen LogP contribution in [0.2, 0.25) is 0 Å². The minimum Gasteiger partial charge on any atom is -0.380 e. The summed E-state index contributed by atoms with van der Waals surface area (Å²) in [5.74, 6) is 0. The first-order valence-corrected chi connectivity index (χ1v) is 7.58. The van der Waals surface area contributed by atoms with Gasteiger partial charge < -0.3 is 5.32 Å². The molecule has 0 aromatic heterocycles. The summed E-state index contributed by atoms with van der Waals surface area (Å²) < 4.78 is 0. The summed E-state index contributed by atoms with van der Waals surface area (Å²) in [7, 11) is 0. The van der Waals surface area contributed by atoms with Gasteiger partial charge in [-0.1, -0.05) is 45.5 Å². The Morgan fingerprint density at radius 2 is 1.43 bits per heavy atom. The van der Waals surface area contributed by atoms with Gasteiger partial charge in [0.2, 0.25) is 0 Å². The number of fused-ring (bicyclic) bond motifs is 1. The molecule has 112 valence electrons. The zero-order valence-electron chi connectivity index (χ0n) is 14.2. The molecule has 1 N–H and O–H groups in total. The third kappa shape index (κ3) is 3.87. The zero-order chi connectivity index (χ0) is 15.8. The fraction of sp³-hybridized carbons (Fsp3) is 0.400. The lowest BCUT2D eigenvalue weighted by atomic mass is 9.83. The number of rotatable bonds is 2. The van der Waals surface area contributed by atoms with Gasteiger partial charge in [0.25, 0.3) is 0 Å². The highest BCUT2D eigenvalue weighted by Crippen LogP contribution is 2.34. The van der Waals surface area contributed by atoms with E-state index < -0.39 is 0 Å². The molecule has 0 saturated heterocycles. The number of allylic oxidation sites excluding steroid dienone is 1. The first-order valence-electron chi connectivity index (χ1n) is 7.58. The fourth-order valence-corrected chi connectivity index (χ4v) is 2.38. The lowest BCUT2D eigenvalue weighted by Crippen LogP contribution is -2.25. The van der Waals surface area contributed by atoms with Gasteiger partial charge >= 0.3 is 0 Å². The smallest absolute Gasteiger partial charge is 0.0350 e. The molecular weight excluding hydrogens is 254 g/mol. The molecule has 1 nitrogen and oxygen atoms in total. The molecule has 0 spiro atoms. The van der Waals surface area contributed by atoms with Crippen LogP contribution in [0, 0.1) is 5.41 Å². The summed E-state index contributed by atoms with van der Waals surface area (Å²) >= 11 is 0. The van der Waals surface area contributed by atoms with E-state index in [2.05, 4.69) is 89.8 Å². The van der Waals surface area contributed by atoms with Crippen molar-refractivity contribution in [3.63, 3.8) is 0 Å². The fourth-order valence-electron chi connectivity index (χ4n) is 2.38. The van der Waals surface area contributed by atoms with E-state index in [0.717, 1.165) is 5.69 Å². The second-order valence-electron chi connectivity index (χ2n) is 7.88. The first kappa shape index (κ1) is 15.6. The van der Waals surface area contributed by atoms with Crippen LogP contribution in [0.3, 0.4) is 0 Å². The minimum atomic E-state index is 0.0775. The van der Waals surface area contributed by atoms with E-state index >= 15 is 0 Å². The molecule has 2 aromatic rings. The molecule has 2 aromatic carbocycles. The second kappa shape index (κ2) is 5.22. The number of hydrogen-bond acceptors (Lipinski definition) is 1. The number of benzene rings is 2. The van der Waals surface area contributed by atoms with Crippen molar-refractivity contribution in [1.29, 1.82) is 0 Å². The molecule has 0 aliphatic heterocycles. The molecule has 0 bridgehead atoms. The Hall–Kier alpha value is -1.76. The average Bonchev–Trinajstić information content (AvgIpc) is 2.34. The van der Waals surface area contributed by atoms with Gasteiger partial charge in [-0.3, -0.25) is 0 Å². The Labute approximate surface area is 129 Å². The molecule has 0 aliphatic carbocycles. The van der Waals surface area contributed by atoms with Crippen LogP contribution in [0.4, 0.5) is 5.69 Å². The Bertz CT molecular complexity index is 666. The van der Waals surface area contributed by atoms with Gasteiger partial charge in [0.15, 0.2) is 0 Å². The molecule has 2 rings (SSSR count). The summed E-state index contributed by atoms with van der Waals surface area (Å²) in [6, 6.07) is 13.2. The predicted octanol–water partition coefficient (Wildman–Crippen LogP) is 6.11. The van der Waals surface area contributed by atoms with Crippen molar-refractivity contribution < 1.29 is 0 Å². The summed E-state index contributed by atoms with van der Waals surface area (Å²) in [6.45, 7) is 17.4. The minimum absolute atomic E-state index is 0.0775. The van der Waals surface area contributed by atoms with Crippen molar-refractivity contribution in [1.82, 2.24) is 0 Å². The van der Waals surface area contributed by atoms with Crippen molar-refractivity contribution in [3.8, 4) is 0 Å². The van der Waals surface area contributed by atoms with Crippen LogP contribution in [-0.4, -0.2) is 5.54 Å². The van der Waals surface area contributed by atoms with Crippen LogP contribution in [0.25, 0.3) is 16.3 Å². The van der Waals surface area contributed by atoms with Crippen molar-refractivity contribution in [3.05, 3.63) is 48.5 Å². The third-order valence-corrected chi connectivity index (χ3v) is 3.61. The van der Waals surface area contributed by atoms with Crippen molar-refractivity contribution >= 4 is 22.0 Å². The maximum absolute atomic E-state index is 4.26. The van der Waals surface area contributed by atoms with E-state index in [4.69, 9.17) is 0 Å².